The first-order valence-electron chi connectivity index (χ1n) is 9.74. The van der Waals surface area contributed by atoms with E-state index in [1.54, 1.807) is 0 Å². The summed E-state index contributed by atoms with van der Waals surface area (Å²) < 4.78 is 1.95. The van der Waals surface area contributed by atoms with E-state index in [9.17, 15) is 4.79 Å². The van der Waals surface area contributed by atoms with Gasteiger partial charge in [-0.3, -0.25) is 4.79 Å². The normalized spacial score (nSPS) is 19.2. The fraction of sp³-hybridized carbons (Fsp3) is 0.318. The molecule has 0 radical (unpaired) electrons. The van der Waals surface area contributed by atoms with Crippen LogP contribution in [-0.2, 0) is 0 Å². The lowest BCUT2D eigenvalue weighted by Crippen LogP contribution is -2.29. The first-order valence-corrected chi connectivity index (χ1v) is 10.1. The van der Waals surface area contributed by atoms with Gasteiger partial charge in [0.25, 0.3) is 5.91 Å². The Morgan fingerprint density at radius 1 is 1.04 bits per heavy atom. The van der Waals surface area contributed by atoms with Crippen LogP contribution < -0.4 is 0 Å². The summed E-state index contributed by atoms with van der Waals surface area (Å²) in [5.74, 6) is 0.675. The Balaban J connectivity index is 1.27. The molecule has 2 heterocycles. The van der Waals surface area contributed by atoms with Crippen LogP contribution in [0.25, 0.3) is 11.1 Å². The molecule has 5 rings (SSSR count). The molecule has 0 N–H and O–H groups in total. The van der Waals surface area contributed by atoms with Crippen molar-refractivity contribution in [3.8, 4) is 11.1 Å². The predicted octanol–water partition coefficient (Wildman–Crippen LogP) is 4.56. The third kappa shape index (κ3) is 3.42. The quantitative estimate of drug-likeness (QED) is 0.653. The minimum Gasteiger partial charge on any atom is -0.336 e. The largest absolute Gasteiger partial charge is 0.336 e. The van der Waals surface area contributed by atoms with Gasteiger partial charge in [-0.05, 0) is 54.7 Å². The lowest BCUT2D eigenvalue weighted by Gasteiger charge is -2.17. The van der Waals surface area contributed by atoms with Crippen LogP contribution in [0.3, 0.4) is 0 Å². The molecule has 2 aromatic carbocycles. The topological polar surface area (TPSA) is 51.0 Å². The molecule has 0 unspecified atom stereocenters. The van der Waals surface area contributed by atoms with Gasteiger partial charge in [0.15, 0.2) is 0 Å². The van der Waals surface area contributed by atoms with E-state index in [0.717, 1.165) is 29.8 Å². The van der Waals surface area contributed by atoms with Crippen LogP contribution in [0.5, 0.6) is 0 Å². The van der Waals surface area contributed by atoms with Crippen molar-refractivity contribution in [1.29, 1.82) is 0 Å². The molecule has 1 amide bonds. The van der Waals surface area contributed by atoms with Crippen LogP contribution in [0, 0.1) is 0 Å². The van der Waals surface area contributed by atoms with Gasteiger partial charge in [-0.25, -0.2) is 4.68 Å². The van der Waals surface area contributed by atoms with Crippen molar-refractivity contribution in [1.82, 2.24) is 19.9 Å². The fourth-order valence-corrected chi connectivity index (χ4v) is 4.02. The number of amides is 1. The molecule has 6 heteroatoms. The standard InChI is InChI=1S/C22H21ClN4O/c23-19-3-1-2-18(12-19)15-4-8-17(9-5-15)22(28)26-11-10-20(13-26)27-14-21(24-25-27)16-6-7-16/h1-5,8-9,12,14,16,20H,6-7,10-11,13H2/t20-/m0/s1. The molecule has 1 aliphatic heterocycles. The molecule has 0 spiro atoms. The molecule has 142 valence electrons. The second-order valence-corrected chi connectivity index (χ2v) is 8.12. The Hall–Kier alpha value is -2.66. The lowest BCUT2D eigenvalue weighted by molar-refractivity contribution is 0.0787. The highest BCUT2D eigenvalue weighted by molar-refractivity contribution is 6.30. The second-order valence-electron chi connectivity index (χ2n) is 7.68. The van der Waals surface area contributed by atoms with Crippen LogP contribution >= 0.6 is 11.6 Å². The van der Waals surface area contributed by atoms with Crippen molar-refractivity contribution in [2.75, 3.05) is 13.1 Å². The first-order chi connectivity index (χ1) is 13.7. The van der Waals surface area contributed by atoms with Crippen molar-refractivity contribution in [2.24, 2.45) is 0 Å². The van der Waals surface area contributed by atoms with E-state index in [-0.39, 0.29) is 11.9 Å². The van der Waals surface area contributed by atoms with Gasteiger partial charge in [0, 0.05) is 35.8 Å². The number of carbonyl (C=O) groups is 1. The zero-order valence-corrected chi connectivity index (χ0v) is 16.2. The second kappa shape index (κ2) is 7.06. The van der Waals surface area contributed by atoms with Gasteiger partial charge >= 0.3 is 0 Å². The molecule has 0 bridgehead atoms. The van der Waals surface area contributed by atoms with Crippen molar-refractivity contribution < 1.29 is 4.79 Å². The number of hydrogen-bond donors (Lipinski definition) is 0. The minimum atomic E-state index is 0.0719. The number of rotatable bonds is 4. The molecule has 1 saturated carbocycles. The maximum atomic E-state index is 12.9. The molecule has 2 aliphatic rings. The third-order valence-electron chi connectivity index (χ3n) is 5.64. The molecule has 1 aromatic heterocycles. The van der Waals surface area contributed by atoms with Crippen LogP contribution in [0.2, 0.25) is 5.02 Å². The lowest BCUT2D eigenvalue weighted by atomic mass is 10.0. The van der Waals surface area contributed by atoms with Crippen LogP contribution in [0.4, 0.5) is 0 Å². The van der Waals surface area contributed by atoms with Crippen molar-refractivity contribution in [3.63, 3.8) is 0 Å². The Bertz CT molecular complexity index is 1010. The third-order valence-corrected chi connectivity index (χ3v) is 5.87. The number of benzene rings is 2. The summed E-state index contributed by atoms with van der Waals surface area (Å²) in [5.41, 5.74) is 3.91. The fourth-order valence-electron chi connectivity index (χ4n) is 3.83. The van der Waals surface area contributed by atoms with E-state index in [0.29, 0.717) is 23.0 Å². The van der Waals surface area contributed by atoms with Crippen LogP contribution in [0.1, 0.15) is 47.3 Å². The Kier molecular flexibility index (Phi) is 4.40. The number of likely N-dealkylation sites (tertiary alicyclic amines) is 1. The van der Waals surface area contributed by atoms with Crippen LogP contribution in [0.15, 0.2) is 54.7 Å². The zero-order chi connectivity index (χ0) is 19.1. The van der Waals surface area contributed by atoms with Crippen molar-refractivity contribution in [3.05, 3.63) is 71.0 Å². The van der Waals surface area contributed by atoms with E-state index >= 15 is 0 Å². The summed E-state index contributed by atoms with van der Waals surface area (Å²) in [4.78, 5) is 14.8. The molecular weight excluding hydrogens is 372 g/mol. The van der Waals surface area contributed by atoms with Gasteiger partial charge in [0.1, 0.15) is 0 Å². The van der Waals surface area contributed by atoms with Gasteiger partial charge < -0.3 is 4.90 Å². The van der Waals surface area contributed by atoms with Gasteiger partial charge in [0.2, 0.25) is 0 Å². The predicted molar refractivity (Wildman–Crippen MR) is 108 cm³/mol. The molecule has 1 aliphatic carbocycles. The summed E-state index contributed by atoms with van der Waals surface area (Å²) in [6.45, 7) is 1.43. The highest BCUT2D eigenvalue weighted by atomic mass is 35.5. The summed E-state index contributed by atoms with van der Waals surface area (Å²) >= 11 is 6.08. The number of hydrogen-bond acceptors (Lipinski definition) is 3. The number of nitrogens with zero attached hydrogens (tertiary/aromatic N) is 4. The van der Waals surface area contributed by atoms with Crippen molar-refractivity contribution >= 4 is 17.5 Å². The maximum absolute atomic E-state index is 12.9. The van der Waals surface area contributed by atoms with E-state index in [2.05, 4.69) is 16.5 Å². The molecule has 2 fully saturated rings. The van der Waals surface area contributed by atoms with E-state index < -0.39 is 0 Å². The van der Waals surface area contributed by atoms with Crippen LogP contribution in [-0.4, -0.2) is 38.9 Å². The smallest absolute Gasteiger partial charge is 0.253 e. The molecule has 5 nitrogen and oxygen atoms in total. The zero-order valence-electron chi connectivity index (χ0n) is 15.5. The van der Waals surface area contributed by atoms with E-state index in [4.69, 9.17) is 11.6 Å². The van der Waals surface area contributed by atoms with E-state index in [1.807, 2.05) is 58.1 Å². The van der Waals surface area contributed by atoms with Crippen molar-refractivity contribution in [2.45, 2.75) is 31.2 Å². The highest BCUT2D eigenvalue weighted by Crippen LogP contribution is 2.39. The summed E-state index contributed by atoms with van der Waals surface area (Å²) in [5, 5.41) is 9.30. The van der Waals surface area contributed by atoms with Gasteiger partial charge in [-0.15, -0.1) is 5.10 Å². The Morgan fingerprint density at radius 3 is 2.61 bits per heavy atom. The van der Waals surface area contributed by atoms with Gasteiger partial charge in [0.05, 0.1) is 11.7 Å². The monoisotopic (exact) mass is 392 g/mol. The summed E-state index contributed by atoms with van der Waals surface area (Å²) in [6, 6.07) is 15.7. The molecular formula is C22H21ClN4O. The number of carbonyl (C=O) groups excluding carboxylic acids is 1. The average molecular weight is 393 g/mol. The van der Waals surface area contributed by atoms with Gasteiger partial charge in [-0.1, -0.05) is 41.1 Å². The Labute approximate surface area is 168 Å². The number of halogens is 1. The summed E-state index contributed by atoms with van der Waals surface area (Å²) in [6.07, 6.45) is 5.42. The minimum absolute atomic E-state index is 0.0719. The Morgan fingerprint density at radius 2 is 1.86 bits per heavy atom. The molecule has 1 atom stereocenters. The molecule has 1 saturated heterocycles. The number of aromatic nitrogens is 3. The van der Waals surface area contributed by atoms with Gasteiger partial charge in [-0.2, -0.15) is 0 Å². The van der Waals surface area contributed by atoms with E-state index in [1.165, 1.54) is 12.8 Å². The SMILES string of the molecule is O=C(c1ccc(-c2cccc(Cl)c2)cc1)N1CC[C@H](n2cc(C3CC3)nn2)C1. The summed E-state index contributed by atoms with van der Waals surface area (Å²) in [7, 11) is 0. The molecule has 3 aromatic rings. The first kappa shape index (κ1) is 17.4. The maximum Gasteiger partial charge on any atom is 0.253 e. The highest BCUT2D eigenvalue weighted by Gasteiger charge is 2.31. The average Bonchev–Trinajstić information content (AvgIpc) is 3.25. The molecule has 28 heavy (non-hydrogen) atoms.